The first-order valence-electron chi connectivity index (χ1n) is 6.90. The molecular formula is C16H23N3O. The molecule has 20 heavy (non-hydrogen) atoms. The molecule has 1 heterocycles. The molecule has 0 spiro atoms. The maximum atomic E-state index is 12.3. The third-order valence-corrected chi connectivity index (χ3v) is 3.34. The van der Waals surface area contributed by atoms with Gasteiger partial charge in [0.05, 0.1) is 12.1 Å². The lowest BCUT2D eigenvalue weighted by Gasteiger charge is -2.09. The van der Waals surface area contributed by atoms with Crippen molar-refractivity contribution in [3.05, 3.63) is 36.0 Å². The molecule has 2 aromatic rings. The number of rotatable bonds is 5. The highest BCUT2D eigenvalue weighted by molar-refractivity contribution is 5.95. The van der Waals surface area contributed by atoms with Crippen molar-refractivity contribution in [1.82, 2.24) is 14.4 Å². The van der Waals surface area contributed by atoms with Gasteiger partial charge in [-0.15, -0.1) is 0 Å². The van der Waals surface area contributed by atoms with E-state index in [0.29, 0.717) is 6.54 Å². The second kappa shape index (κ2) is 6.20. The van der Waals surface area contributed by atoms with Crippen molar-refractivity contribution in [3.8, 4) is 0 Å². The number of benzene rings is 1. The molecule has 4 nitrogen and oxygen atoms in total. The van der Waals surface area contributed by atoms with E-state index in [4.69, 9.17) is 0 Å². The Kier molecular flexibility index (Phi) is 4.57. The van der Waals surface area contributed by atoms with Crippen LogP contribution < -0.4 is 0 Å². The molecule has 108 valence electrons. The first-order valence-corrected chi connectivity index (χ1v) is 6.90. The zero-order chi connectivity index (χ0) is 14.7. The molecule has 0 amide bonds. The Bertz CT molecular complexity index is 599. The fraction of sp³-hybridized carbons (Fsp3) is 0.438. The van der Waals surface area contributed by atoms with Crippen LogP contribution in [0.25, 0.3) is 10.9 Å². The van der Waals surface area contributed by atoms with Gasteiger partial charge in [-0.2, -0.15) is 0 Å². The summed E-state index contributed by atoms with van der Waals surface area (Å²) in [7, 11) is 7.96. The highest BCUT2D eigenvalue weighted by Crippen LogP contribution is 2.22. The normalized spacial score (nSPS) is 11.7. The second-order valence-corrected chi connectivity index (χ2v) is 5.73. The van der Waals surface area contributed by atoms with Crippen LogP contribution in [-0.4, -0.2) is 61.6 Å². The summed E-state index contributed by atoms with van der Waals surface area (Å²) in [5.41, 5.74) is 2.24. The maximum absolute atomic E-state index is 12.3. The standard InChI is InChI=1S/C16H23N3O/c1-17(2)10-9-13-11-19(16(20)12-18(3)4)15-8-6-5-7-14(13)15/h5-8,11H,9-10,12H2,1-4H3. The van der Waals surface area contributed by atoms with Gasteiger partial charge in [-0.3, -0.25) is 9.36 Å². The topological polar surface area (TPSA) is 28.5 Å². The average molecular weight is 273 g/mol. The van der Waals surface area contributed by atoms with Gasteiger partial charge in [0.15, 0.2) is 0 Å². The van der Waals surface area contributed by atoms with Gasteiger partial charge in [-0.25, -0.2) is 0 Å². The SMILES string of the molecule is CN(C)CCc1cn(C(=O)CN(C)C)c2ccccc12. The molecule has 0 saturated carbocycles. The van der Waals surface area contributed by atoms with Crippen LogP contribution in [0.1, 0.15) is 10.4 Å². The number of fused-ring (bicyclic) bond motifs is 1. The van der Waals surface area contributed by atoms with E-state index < -0.39 is 0 Å². The van der Waals surface area contributed by atoms with E-state index in [-0.39, 0.29) is 5.91 Å². The smallest absolute Gasteiger partial charge is 0.245 e. The molecule has 1 aromatic carbocycles. The van der Waals surface area contributed by atoms with Crippen LogP contribution in [0.2, 0.25) is 0 Å². The molecular weight excluding hydrogens is 250 g/mol. The monoisotopic (exact) mass is 273 g/mol. The van der Waals surface area contributed by atoms with Crippen molar-refractivity contribution in [2.45, 2.75) is 6.42 Å². The van der Waals surface area contributed by atoms with E-state index in [9.17, 15) is 4.79 Å². The molecule has 1 aromatic heterocycles. The molecule has 0 saturated heterocycles. The average Bonchev–Trinajstić information content (AvgIpc) is 2.74. The summed E-state index contributed by atoms with van der Waals surface area (Å²) >= 11 is 0. The summed E-state index contributed by atoms with van der Waals surface area (Å²) in [5.74, 6) is 0.113. The van der Waals surface area contributed by atoms with Gasteiger partial charge in [-0.1, -0.05) is 18.2 Å². The van der Waals surface area contributed by atoms with E-state index in [1.165, 1.54) is 10.9 Å². The lowest BCUT2D eigenvalue weighted by Crippen LogP contribution is -2.25. The van der Waals surface area contributed by atoms with Crippen molar-refractivity contribution in [1.29, 1.82) is 0 Å². The first-order chi connectivity index (χ1) is 9.49. The van der Waals surface area contributed by atoms with E-state index in [0.717, 1.165) is 18.5 Å². The van der Waals surface area contributed by atoms with Crippen molar-refractivity contribution >= 4 is 16.8 Å². The number of carbonyl (C=O) groups excluding carboxylic acids is 1. The van der Waals surface area contributed by atoms with Gasteiger partial charge in [0.25, 0.3) is 0 Å². The maximum Gasteiger partial charge on any atom is 0.245 e. The minimum Gasteiger partial charge on any atom is -0.309 e. The van der Waals surface area contributed by atoms with Gasteiger partial charge < -0.3 is 9.80 Å². The molecule has 0 bridgehead atoms. The van der Waals surface area contributed by atoms with E-state index >= 15 is 0 Å². The Hall–Kier alpha value is -1.65. The van der Waals surface area contributed by atoms with Crippen LogP contribution >= 0.6 is 0 Å². The fourth-order valence-electron chi connectivity index (χ4n) is 2.35. The van der Waals surface area contributed by atoms with Crippen molar-refractivity contribution in [3.63, 3.8) is 0 Å². The third-order valence-electron chi connectivity index (χ3n) is 3.34. The van der Waals surface area contributed by atoms with Crippen molar-refractivity contribution in [2.24, 2.45) is 0 Å². The number of aromatic nitrogens is 1. The van der Waals surface area contributed by atoms with Crippen LogP contribution in [-0.2, 0) is 6.42 Å². The number of para-hydroxylation sites is 1. The molecule has 4 heteroatoms. The van der Waals surface area contributed by atoms with E-state index in [1.54, 1.807) is 4.57 Å². The van der Waals surface area contributed by atoms with Crippen molar-refractivity contribution < 1.29 is 4.79 Å². The quantitative estimate of drug-likeness (QED) is 0.833. The largest absolute Gasteiger partial charge is 0.309 e. The van der Waals surface area contributed by atoms with Crippen LogP contribution in [0.4, 0.5) is 0 Å². The van der Waals surface area contributed by atoms with Gasteiger partial charge in [0, 0.05) is 18.1 Å². The Morgan fingerprint density at radius 1 is 1.10 bits per heavy atom. The minimum absolute atomic E-state index is 0.113. The van der Waals surface area contributed by atoms with Crippen LogP contribution in [0, 0.1) is 0 Å². The van der Waals surface area contributed by atoms with Crippen molar-refractivity contribution in [2.75, 3.05) is 41.3 Å². The molecule has 0 unspecified atom stereocenters. The number of hydrogen-bond donors (Lipinski definition) is 0. The van der Waals surface area contributed by atoms with Gasteiger partial charge in [-0.05, 0) is 46.2 Å². The molecule has 0 radical (unpaired) electrons. The second-order valence-electron chi connectivity index (χ2n) is 5.73. The van der Waals surface area contributed by atoms with Gasteiger partial charge >= 0.3 is 0 Å². The van der Waals surface area contributed by atoms with Crippen LogP contribution in [0.5, 0.6) is 0 Å². The highest BCUT2D eigenvalue weighted by Gasteiger charge is 2.13. The molecule has 0 N–H and O–H groups in total. The predicted molar refractivity (Wildman–Crippen MR) is 83.4 cm³/mol. The summed E-state index contributed by atoms with van der Waals surface area (Å²) < 4.78 is 1.79. The van der Waals surface area contributed by atoms with Gasteiger partial charge in [0.1, 0.15) is 0 Å². The first kappa shape index (κ1) is 14.8. The molecule has 0 atom stereocenters. The molecule has 0 aliphatic rings. The highest BCUT2D eigenvalue weighted by atomic mass is 16.2. The van der Waals surface area contributed by atoms with E-state index in [2.05, 4.69) is 25.1 Å². The third kappa shape index (κ3) is 3.26. The summed E-state index contributed by atoms with van der Waals surface area (Å²) in [5, 5.41) is 1.18. The van der Waals surface area contributed by atoms with E-state index in [1.807, 2.05) is 43.4 Å². The lowest BCUT2D eigenvalue weighted by molar-refractivity contribution is 0.0881. The molecule has 2 rings (SSSR count). The fourth-order valence-corrected chi connectivity index (χ4v) is 2.35. The molecule has 0 aliphatic carbocycles. The van der Waals surface area contributed by atoms with Crippen LogP contribution in [0.15, 0.2) is 30.5 Å². The zero-order valence-electron chi connectivity index (χ0n) is 12.8. The predicted octanol–water partition coefficient (Wildman–Crippen LogP) is 1.95. The summed E-state index contributed by atoms with van der Waals surface area (Å²) in [6.45, 7) is 1.40. The minimum atomic E-state index is 0.113. The lowest BCUT2D eigenvalue weighted by atomic mass is 10.1. The summed E-state index contributed by atoms with van der Waals surface area (Å²) in [6.07, 6.45) is 2.95. The van der Waals surface area contributed by atoms with Gasteiger partial charge in [0.2, 0.25) is 5.91 Å². The molecule has 0 fully saturated rings. The number of nitrogens with zero attached hydrogens (tertiary/aromatic N) is 3. The number of likely N-dealkylation sites (N-methyl/N-ethyl adjacent to an activating group) is 2. The number of carbonyl (C=O) groups is 1. The Morgan fingerprint density at radius 2 is 1.80 bits per heavy atom. The Labute approximate surface area is 120 Å². The van der Waals surface area contributed by atoms with Crippen LogP contribution in [0.3, 0.4) is 0 Å². The number of hydrogen-bond acceptors (Lipinski definition) is 3. The summed E-state index contributed by atoms with van der Waals surface area (Å²) in [4.78, 5) is 16.4. The zero-order valence-corrected chi connectivity index (χ0v) is 12.8. The Balaban J connectivity index is 2.37. The Morgan fingerprint density at radius 3 is 2.45 bits per heavy atom. The molecule has 0 aliphatic heterocycles. The summed E-state index contributed by atoms with van der Waals surface area (Å²) in [6, 6.07) is 8.13.